The van der Waals surface area contributed by atoms with E-state index in [0.717, 1.165) is 38.7 Å². The fraction of sp³-hybridized carbons (Fsp3) is 0. The fourth-order valence-corrected chi connectivity index (χ4v) is 4.00. The van der Waals surface area contributed by atoms with Gasteiger partial charge in [-0.15, -0.1) is 23.6 Å². The molecular weight excluding hydrogens is 609 g/mol. The van der Waals surface area contributed by atoms with E-state index in [0.29, 0.717) is 17.5 Å². The minimum Gasteiger partial charge on any atom is -0.295 e. The van der Waals surface area contributed by atoms with Crippen molar-refractivity contribution in [3.05, 3.63) is 121 Å². The van der Waals surface area contributed by atoms with Gasteiger partial charge in [0.25, 0.3) is 0 Å². The van der Waals surface area contributed by atoms with E-state index < -0.39 is 0 Å². The molecule has 0 N–H and O–H groups in total. The maximum Gasteiger partial charge on any atom is 0.164 e. The zero-order valence-corrected chi connectivity index (χ0v) is 21.0. The molecule has 2 aromatic heterocycles. The first-order chi connectivity index (χ1) is 16.8. The van der Waals surface area contributed by atoms with E-state index in [1.54, 1.807) is 6.20 Å². The van der Waals surface area contributed by atoms with Crippen LogP contribution in [0.1, 0.15) is 0 Å². The summed E-state index contributed by atoms with van der Waals surface area (Å²) in [5, 5.41) is 2.02. The van der Waals surface area contributed by atoms with Crippen molar-refractivity contribution in [2.45, 2.75) is 0 Å². The van der Waals surface area contributed by atoms with Gasteiger partial charge < -0.3 is 0 Å². The predicted octanol–water partition coefficient (Wildman–Crippen LogP) is 6.89. The second-order valence-corrected chi connectivity index (χ2v) is 7.90. The van der Waals surface area contributed by atoms with Gasteiger partial charge in [-0.1, -0.05) is 102 Å². The molecule has 0 bridgehead atoms. The molecule has 0 aliphatic heterocycles. The summed E-state index contributed by atoms with van der Waals surface area (Å²) in [6, 6.07) is 39.7. The molecule has 0 aliphatic carbocycles. The molecule has 0 atom stereocenters. The Morgan fingerprint density at radius 3 is 1.74 bits per heavy atom. The van der Waals surface area contributed by atoms with Crippen LogP contribution in [-0.4, -0.2) is 19.9 Å². The van der Waals surface area contributed by atoms with Gasteiger partial charge in [0.15, 0.2) is 11.6 Å². The molecule has 4 aromatic carbocycles. The third-order valence-corrected chi connectivity index (χ3v) is 5.66. The zero-order valence-electron chi connectivity index (χ0n) is 18.6. The van der Waals surface area contributed by atoms with Crippen LogP contribution in [-0.2, 0) is 20.1 Å². The maximum absolute atomic E-state index is 4.93. The third-order valence-electron chi connectivity index (χ3n) is 5.66. The monoisotopic (exact) mass is 628 g/mol. The van der Waals surface area contributed by atoms with Gasteiger partial charge in [-0.3, -0.25) is 4.98 Å². The number of hydrogen-bond acceptors (Lipinski definition) is 4. The number of rotatable bonds is 4. The Morgan fingerprint density at radius 2 is 1.11 bits per heavy atom. The van der Waals surface area contributed by atoms with Gasteiger partial charge >= 0.3 is 0 Å². The molecule has 6 rings (SSSR count). The number of hydrogen-bond donors (Lipinski definition) is 0. The van der Waals surface area contributed by atoms with Gasteiger partial charge in [0.2, 0.25) is 0 Å². The SMILES string of the molecule is [Ir].[c-]1c(-c2ccccn2)cc(-c2nc(-c3ccccc3)nc(-c3ccccc3)n2)c2ccccc12. The van der Waals surface area contributed by atoms with Crippen LogP contribution in [0.3, 0.4) is 0 Å². The van der Waals surface area contributed by atoms with Gasteiger partial charge in [-0.2, -0.15) is 0 Å². The van der Waals surface area contributed by atoms with Gasteiger partial charge in [0.05, 0.1) is 0 Å². The van der Waals surface area contributed by atoms with Crippen molar-refractivity contribution in [3.8, 4) is 45.4 Å². The molecule has 6 aromatic rings. The van der Waals surface area contributed by atoms with Gasteiger partial charge in [-0.05, 0) is 11.6 Å². The summed E-state index contributed by atoms with van der Waals surface area (Å²) >= 11 is 0. The molecule has 0 saturated heterocycles. The summed E-state index contributed by atoms with van der Waals surface area (Å²) in [5.74, 6) is 1.90. The van der Waals surface area contributed by atoms with Crippen LogP contribution in [0.4, 0.5) is 0 Å². The smallest absolute Gasteiger partial charge is 0.164 e. The molecule has 1 radical (unpaired) electrons. The Kier molecular flexibility index (Phi) is 6.53. The van der Waals surface area contributed by atoms with Crippen molar-refractivity contribution in [1.29, 1.82) is 0 Å². The van der Waals surface area contributed by atoms with E-state index in [-0.39, 0.29) is 20.1 Å². The summed E-state index contributed by atoms with van der Waals surface area (Å²) in [6.45, 7) is 0. The Hall–Kier alpha value is -4.05. The van der Waals surface area contributed by atoms with E-state index in [1.165, 1.54) is 0 Å². The molecule has 2 heterocycles. The van der Waals surface area contributed by atoms with Gasteiger partial charge in [0.1, 0.15) is 5.82 Å². The summed E-state index contributed by atoms with van der Waals surface area (Å²) in [7, 11) is 0. The molecule has 35 heavy (non-hydrogen) atoms. The van der Waals surface area contributed by atoms with Crippen LogP contribution in [0.5, 0.6) is 0 Å². The molecular formula is C30H19IrN4-. The average molecular weight is 628 g/mol. The first-order valence-electron chi connectivity index (χ1n) is 11.1. The molecule has 0 amide bonds. The van der Waals surface area contributed by atoms with Crippen molar-refractivity contribution in [2.24, 2.45) is 0 Å². The maximum atomic E-state index is 4.93. The molecule has 0 fully saturated rings. The van der Waals surface area contributed by atoms with Crippen LogP contribution in [0.25, 0.3) is 56.2 Å². The summed E-state index contributed by atoms with van der Waals surface area (Å²) < 4.78 is 0. The minimum absolute atomic E-state index is 0. The number of fused-ring (bicyclic) bond motifs is 1. The second kappa shape index (κ2) is 10.1. The Labute approximate surface area is 217 Å². The Bertz CT molecular complexity index is 1530. The molecule has 169 valence electrons. The summed E-state index contributed by atoms with van der Waals surface area (Å²) in [5.41, 5.74) is 4.57. The van der Waals surface area contributed by atoms with Crippen LogP contribution >= 0.6 is 0 Å². The van der Waals surface area contributed by atoms with E-state index in [4.69, 9.17) is 15.0 Å². The predicted molar refractivity (Wildman–Crippen MR) is 136 cm³/mol. The molecule has 0 saturated carbocycles. The summed E-state index contributed by atoms with van der Waals surface area (Å²) in [6.07, 6.45) is 1.79. The first kappa shape index (κ1) is 22.7. The van der Waals surface area contributed by atoms with E-state index in [1.807, 2.05) is 91.0 Å². The van der Waals surface area contributed by atoms with E-state index in [2.05, 4.69) is 29.2 Å². The molecule has 0 unspecified atom stereocenters. The molecule has 0 aliphatic rings. The van der Waals surface area contributed by atoms with Crippen LogP contribution in [0.15, 0.2) is 115 Å². The van der Waals surface area contributed by atoms with Crippen molar-refractivity contribution < 1.29 is 20.1 Å². The number of aromatic nitrogens is 4. The fourth-order valence-electron chi connectivity index (χ4n) is 4.00. The molecule has 5 heteroatoms. The quantitative estimate of drug-likeness (QED) is 0.200. The largest absolute Gasteiger partial charge is 0.295 e. The number of pyridine rings is 1. The van der Waals surface area contributed by atoms with Gasteiger partial charge in [-0.25, -0.2) is 15.0 Å². The Morgan fingerprint density at radius 1 is 0.543 bits per heavy atom. The third kappa shape index (κ3) is 4.65. The van der Waals surface area contributed by atoms with E-state index >= 15 is 0 Å². The second-order valence-electron chi connectivity index (χ2n) is 7.90. The first-order valence-corrected chi connectivity index (χ1v) is 11.1. The van der Waals surface area contributed by atoms with Crippen molar-refractivity contribution in [1.82, 2.24) is 19.9 Å². The standard InChI is InChI=1S/C30H19N4.Ir/c1-3-11-21(12-4-1)28-32-29(22-13-5-2-6-14-22)34-30(33-28)26-20-24(27-17-9-10-18-31-27)19-23-15-7-8-16-25(23)26;/h1-18,20H;/q-1;. The molecule has 4 nitrogen and oxygen atoms in total. The topological polar surface area (TPSA) is 51.6 Å². The van der Waals surface area contributed by atoms with Crippen molar-refractivity contribution in [3.63, 3.8) is 0 Å². The van der Waals surface area contributed by atoms with Gasteiger partial charge in [0, 0.05) is 43.1 Å². The Balaban J connectivity index is 0.00000253. The zero-order chi connectivity index (χ0) is 22.7. The molecule has 0 spiro atoms. The van der Waals surface area contributed by atoms with E-state index in [9.17, 15) is 0 Å². The normalized spacial score (nSPS) is 10.6. The van der Waals surface area contributed by atoms with Crippen molar-refractivity contribution in [2.75, 3.05) is 0 Å². The van der Waals surface area contributed by atoms with Crippen LogP contribution < -0.4 is 0 Å². The number of benzene rings is 4. The van der Waals surface area contributed by atoms with Crippen LogP contribution in [0.2, 0.25) is 0 Å². The number of nitrogens with zero attached hydrogens (tertiary/aromatic N) is 4. The average Bonchev–Trinajstić information content (AvgIpc) is 2.93. The summed E-state index contributed by atoms with van der Waals surface area (Å²) in [4.78, 5) is 19.2. The van der Waals surface area contributed by atoms with Crippen LogP contribution in [0, 0.1) is 6.07 Å². The van der Waals surface area contributed by atoms with Crippen molar-refractivity contribution >= 4 is 10.8 Å². The minimum atomic E-state index is 0.